The molecule has 0 bridgehead atoms. The van der Waals surface area contributed by atoms with Gasteiger partial charge in [0.2, 0.25) is 0 Å². The van der Waals surface area contributed by atoms with E-state index < -0.39 is 34.5 Å². The van der Waals surface area contributed by atoms with Crippen molar-refractivity contribution in [2.75, 3.05) is 12.9 Å². The van der Waals surface area contributed by atoms with E-state index >= 15 is 0 Å². The summed E-state index contributed by atoms with van der Waals surface area (Å²) >= 11 is 19.3. The number of hydrogen-bond donors (Lipinski definition) is 2. The number of aromatic amines is 1. The van der Waals surface area contributed by atoms with E-state index in [1.807, 2.05) is 0 Å². The maximum absolute atomic E-state index is 12.9. The number of halogens is 6. The first-order chi connectivity index (χ1) is 16.8. The maximum Gasteiger partial charge on any atom is 0.573 e. The third-order valence-corrected chi connectivity index (χ3v) is 7.46. The number of sulfone groups is 1. The smallest absolute Gasteiger partial charge is 0.405 e. The van der Waals surface area contributed by atoms with E-state index in [-0.39, 0.29) is 42.4 Å². The Labute approximate surface area is 218 Å². The lowest BCUT2D eigenvalue weighted by molar-refractivity contribution is -0.274. The summed E-state index contributed by atoms with van der Waals surface area (Å²) < 4.78 is 66.6. The molecule has 0 amide bonds. The average molecular weight is 580 g/mol. The van der Waals surface area contributed by atoms with Crippen molar-refractivity contribution in [1.82, 2.24) is 9.97 Å². The quantitative estimate of drug-likeness (QED) is 0.268. The fourth-order valence-corrected chi connectivity index (χ4v) is 5.48. The number of imidazole rings is 1. The van der Waals surface area contributed by atoms with Gasteiger partial charge in [-0.15, -0.1) is 13.2 Å². The number of benzene rings is 3. The van der Waals surface area contributed by atoms with E-state index in [0.717, 1.165) is 12.3 Å². The van der Waals surface area contributed by atoms with Crippen molar-refractivity contribution in [3.63, 3.8) is 0 Å². The van der Waals surface area contributed by atoms with Gasteiger partial charge in [0.25, 0.3) is 0 Å². The summed E-state index contributed by atoms with van der Waals surface area (Å²) in [5.41, 5.74) is 1.04. The summed E-state index contributed by atoms with van der Waals surface area (Å²) in [5.74, 6) is -1.05. The first-order valence-electron chi connectivity index (χ1n) is 10.1. The molecule has 0 saturated heterocycles. The minimum atomic E-state index is -4.93. The van der Waals surface area contributed by atoms with Crippen LogP contribution < -0.4 is 4.74 Å². The van der Waals surface area contributed by atoms with E-state index in [2.05, 4.69) is 14.7 Å². The van der Waals surface area contributed by atoms with Gasteiger partial charge in [0.1, 0.15) is 17.1 Å². The third-order valence-electron chi connectivity index (χ3n) is 5.36. The van der Waals surface area contributed by atoms with Crippen LogP contribution in [0.25, 0.3) is 22.2 Å². The number of rotatable bonds is 6. The molecule has 1 aromatic heterocycles. The molecule has 6 nitrogen and oxygen atoms in total. The van der Waals surface area contributed by atoms with E-state index in [1.54, 1.807) is 0 Å². The molecule has 1 heterocycles. The zero-order valence-corrected chi connectivity index (χ0v) is 21.3. The molecule has 4 aromatic rings. The molecule has 13 heteroatoms. The molecule has 3 aromatic carbocycles. The molecular formula is C23H16Cl3F3N2O4S. The summed E-state index contributed by atoms with van der Waals surface area (Å²) in [6, 6.07) is 11.0. The summed E-state index contributed by atoms with van der Waals surface area (Å²) in [6.45, 7) is -0.446. The number of aliphatic hydroxyl groups is 1. The predicted molar refractivity (Wildman–Crippen MR) is 132 cm³/mol. The Morgan fingerprint density at radius 1 is 1.08 bits per heavy atom. The van der Waals surface area contributed by atoms with Gasteiger partial charge in [0.05, 0.1) is 33.0 Å². The molecule has 36 heavy (non-hydrogen) atoms. The van der Waals surface area contributed by atoms with Gasteiger partial charge in [-0.1, -0.05) is 59.1 Å². The number of hydrogen-bond acceptors (Lipinski definition) is 5. The molecule has 0 radical (unpaired) electrons. The van der Waals surface area contributed by atoms with Crippen LogP contribution in [0.5, 0.6) is 5.75 Å². The van der Waals surface area contributed by atoms with E-state index in [4.69, 9.17) is 34.8 Å². The second kappa shape index (κ2) is 9.75. The summed E-state index contributed by atoms with van der Waals surface area (Å²) in [7, 11) is -3.50. The fourth-order valence-electron chi connectivity index (χ4n) is 3.75. The van der Waals surface area contributed by atoms with Gasteiger partial charge in [0.15, 0.2) is 9.84 Å². The van der Waals surface area contributed by atoms with Crippen LogP contribution in [0.4, 0.5) is 13.2 Å². The summed E-state index contributed by atoms with van der Waals surface area (Å²) in [4.78, 5) is 7.47. The SMILES string of the molecule is CS(=O)(=O)c1ccc(C(CO)c2nc3c(Cl)c(-c4ccccc4OC(F)(F)F)c(Cl)cc3[nH]2)c(Cl)c1. The molecular weight excluding hydrogens is 564 g/mol. The highest BCUT2D eigenvalue weighted by molar-refractivity contribution is 7.90. The number of nitrogens with zero attached hydrogens (tertiary/aromatic N) is 1. The van der Waals surface area contributed by atoms with Gasteiger partial charge in [-0.3, -0.25) is 0 Å². The van der Waals surface area contributed by atoms with Crippen molar-refractivity contribution in [3.05, 3.63) is 75.0 Å². The molecule has 190 valence electrons. The molecule has 0 aliphatic heterocycles. The summed E-state index contributed by atoms with van der Waals surface area (Å²) in [6.07, 6.45) is -3.89. The van der Waals surface area contributed by atoms with Gasteiger partial charge in [0, 0.05) is 22.4 Å². The van der Waals surface area contributed by atoms with Crippen LogP contribution in [0.3, 0.4) is 0 Å². The number of fused-ring (bicyclic) bond motifs is 1. The van der Waals surface area contributed by atoms with E-state index in [0.29, 0.717) is 11.1 Å². The molecule has 0 aliphatic carbocycles. The molecule has 0 spiro atoms. The minimum Gasteiger partial charge on any atom is -0.405 e. The Kier molecular flexibility index (Phi) is 7.20. The second-order valence-corrected chi connectivity index (χ2v) is 11.0. The average Bonchev–Trinajstić information content (AvgIpc) is 3.18. The largest absolute Gasteiger partial charge is 0.573 e. The Bertz CT molecular complexity index is 1570. The zero-order chi connectivity index (χ0) is 26.4. The van der Waals surface area contributed by atoms with Crippen molar-refractivity contribution in [1.29, 1.82) is 0 Å². The molecule has 4 rings (SSSR count). The first-order valence-corrected chi connectivity index (χ1v) is 13.2. The van der Waals surface area contributed by atoms with E-state index in [1.165, 1.54) is 42.5 Å². The number of ether oxygens (including phenoxy) is 1. The lowest BCUT2D eigenvalue weighted by Crippen LogP contribution is -2.17. The fraction of sp³-hybridized carbons (Fsp3) is 0.174. The highest BCUT2D eigenvalue weighted by atomic mass is 35.5. The van der Waals surface area contributed by atoms with Crippen LogP contribution >= 0.6 is 34.8 Å². The highest BCUT2D eigenvalue weighted by Gasteiger charge is 2.33. The normalized spacial score (nSPS) is 13.2. The monoisotopic (exact) mass is 578 g/mol. The van der Waals surface area contributed by atoms with Crippen LogP contribution in [0.1, 0.15) is 17.3 Å². The molecule has 0 saturated carbocycles. The van der Waals surface area contributed by atoms with Crippen molar-refractivity contribution in [2.45, 2.75) is 17.2 Å². The Morgan fingerprint density at radius 3 is 2.39 bits per heavy atom. The number of nitrogens with one attached hydrogen (secondary N) is 1. The van der Waals surface area contributed by atoms with Gasteiger partial charge < -0.3 is 14.8 Å². The number of H-pyrrole nitrogens is 1. The molecule has 0 aliphatic rings. The van der Waals surface area contributed by atoms with Crippen LogP contribution in [0.15, 0.2) is 53.4 Å². The highest BCUT2D eigenvalue weighted by Crippen LogP contribution is 2.44. The van der Waals surface area contributed by atoms with Crippen molar-refractivity contribution in [2.24, 2.45) is 0 Å². The van der Waals surface area contributed by atoms with Crippen molar-refractivity contribution in [3.8, 4) is 16.9 Å². The van der Waals surface area contributed by atoms with E-state index in [9.17, 15) is 26.7 Å². The van der Waals surface area contributed by atoms with Gasteiger partial charge in [-0.2, -0.15) is 0 Å². The molecule has 2 N–H and O–H groups in total. The standard InChI is InChI=1S/C23H16Cl3F3N2O4S/c1-36(33,34)11-6-7-12(15(24)8-11)14(10-32)22-30-17-9-16(25)19(20(26)21(17)31-22)13-4-2-3-5-18(13)35-23(27,28)29/h2-9,14,32H,10H2,1H3,(H,30,31). The Hall–Kier alpha value is -2.50. The first kappa shape index (κ1) is 26.6. The van der Waals surface area contributed by atoms with Crippen LogP contribution in [0, 0.1) is 0 Å². The lowest BCUT2D eigenvalue weighted by Gasteiger charge is -2.15. The van der Waals surface area contributed by atoms with Crippen LogP contribution in [-0.2, 0) is 9.84 Å². The molecule has 1 unspecified atom stereocenters. The maximum atomic E-state index is 12.9. The number of aliphatic hydroxyl groups excluding tert-OH is 1. The summed E-state index contributed by atoms with van der Waals surface area (Å²) in [5, 5.41) is 10.2. The van der Waals surface area contributed by atoms with Gasteiger partial charge in [-0.25, -0.2) is 13.4 Å². The Morgan fingerprint density at radius 2 is 1.78 bits per heavy atom. The molecule has 0 fully saturated rings. The third kappa shape index (κ3) is 5.28. The number of alkyl halides is 3. The van der Waals surface area contributed by atoms with Crippen LogP contribution in [0.2, 0.25) is 15.1 Å². The Balaban J connectivity index is 1.84. The predicted octanol–water partition coefficient (Wildman–Crippen LogP) is 6.62. The minimum absolute atomic E-state index is 0.00870. The number of para-hydroxylation sites is 1. The zero-order valence-electron chi connectivity index (χ0n) is 18.2. The number of aromatic nitrogens is 2. The molecule has 1 atom stereocenters. The van der Waals surface area contributed by atoms with Gasteiger partial charge in [-0.05, 0) is 29.8 Å². The topological polar surface area (TPSA) is 92.3 Å². The van der Waals surface area contributed by atoms with Crippen LogP contribution in [-0.4, -0.2) is 42.7 Å². The lowest BCUT2D eigenvalue weighted by atomic mass is 9.99. The van der Waals surface area contributed by atoms with Gasteiger partial charge >= 0.3 is 6.36 Å². The van der Waals surface area contributed by atoms with Crippen molar-refractivity contribution >= 4 is 55.7 Å². The second-order valence-electron chi connectivity index (χ2n) is 7.80. The van der Waals surface area contributed by atoms with Crippen molar-refractivity contribution < 1.29 is 31.4 Å².